The fourth-order valence-corrected chi connectivity index (χ4v) is 5.57. The first-order valence-corrected chi connectivity index (χ1v) is 13.2. The first kappa shape index (κ1) is 25.6. The Bertz CT molecular complexity index is 1380. The van der Waals surface area contributed by atoms with Crippen molar-refractivity contribution in [3.8, 4) is 11.5 Å². The maximum absolute atomic E-state index is 13.9. The van der Waals surface area contributed by atoms with E-state index in [1.54, 1.807) is 24.9 Å². The van der Waals surface area contributed by atoms with E-state index < -0.39 is 0 Å². The van der Waals surface area contributed by atoms with E-state index in [4.69, 9.17) is 9.47 Å². The van der Waals surface area contributed by atoms with Crippen LogP contribution >= 0.6 is 0 Å². The zero-order chi connectivity index (χ0) is 26.8. The smallest absolute Gasteiger partial charge is 0.324 e. The summed E-state index contributed by atoms with van der Waals surface area (Å²) >= 11 is 0. The zero-order valence-corrected chi connectivity index (χ0v) is 22.5. The molecule has 0 bridgehead atoms. The number of carbonyl (C=O) groups excluding carboxylic acids is 2. The molecule has 200 valence electrons. The Morgan fingerprint density at radius 2 is 1.97 bits per heavy atom. The van der Waals surface area contributed by atoms with Gasteiger partial charge in [-0.3, -0.25) is 9.69 Å². The van der Waals surface area contributed by atoms with Crippen LogP contribution in [0.2, 0.25) is 0 Å². The molecular formula is C29H35N5O4. The molecule has 4 heterocycles. The van der Waals surface area contributed by atoms with Crippen molar-refractivity contribution in [1.82, 2.24) is 24.3 Å². The predicted octanol–water partition coefficient (Wildman–Crippen LogP) is 4.53. The third kappa shape index (κ3) is 4.68. The van der Waals surface area contributed by atoms with Gasteiger partial charge < -0.3 is 19.3 Å². The highest BCUT2D eigenvalue weighted by Gasteiger charge is 2.31. The van der Waals surface area contributed by atoms with E-state index in [0.717, 1.165) is 34.5 Å². The van der Waals surface area contributed by atoms with E-state index in [0.29, 0.717) is 50.5 Å². The first-order valence-electron chi connectivity index (χ1n) is 13.2. The number of amides is 3. The van der Waals surface area contributed by atoms with Crippen molar-refractivity contribution >= 4 is 17.5 Å². The number of benzene rings is 1. The molecule has 0 spiro atoms. The highest BCUT2D eigenvalue weighted by Crippen LogP contribution is 2.40. The van der Waals surface area contributed by atoms with Gasteiger partial charge in [0.1, 0.15) is 11.5 Å². The van der Waals surface area contributed by atoms with E-state index in [2.05, 4.69) is 18.1 Å². The van der Waals surface area contributed by atoms with Crippen LogP contribution in [-0.4, -0.2) is 76.7 Å². The molecule has 38 heavy (non-hydrogen) atoms. The van der Waals surface area contributed by atoms with Crippen LogP contribution in [-0.2, 0) is 6.54 Å². The van der Waals surface area contributed by atoms with Crippen molar-refractivity contribution in [1.29, 1.82) is 0 Å². The summed E-state index contributed by atoms with van der Waals surface area (Å²) in [5.41, 5.74) is 4.43. The van der Waals surface area contributed by atoms with E-state index in [1.165, 1.54) is 0 Å². The standard InChI is InChI=1S/C29H35N5O4/c1-5-31-13-14-32(28(35)24-18-30-34-12-7-6-10-25(24)34)11-8-9-22-15-20(2)27-21(19-33(22)29(31)36)16-23(37-3)17-26(27)38-4/h6-7,10,12,15-18,20H,5,8-9,11,13-14,19H2,1-4H3/t20-/m0/s1. The van der Waals surface area contributed by atoms with Crippen LogP contribution in [0.3, 0.4) is 0 Å². The second kappa shape index (κ2) is 10.8. The van der Waals surface area contributed by atoms with Gasteiger partial charge >= 0.3 is 6.03 Å². The van der Waals surface area contributed by atoms with Gasteiger partial charge in [0, 0.05) is 55.6 Å². The lowest BCUT2D eigenvalue weighted by Gasteiger charge is -2.35. The molecule has 0 unspecified atom stereocenters. The molecule has 2 aromatic heterocycles. The Morgan fingerprint density at radius 3 is 2.74 bits per heavy atom. The van der Waals surface area contributed by atoms with Crippen molar-refractivity contribution in [2.75, 3.05) is 40.4 Å². The van der Waals surface area contributed by atoms with Crippen molar-refractivity contribution in [3.05, 3.63) is 71.2 Å². The molecule has 0 N–H and O–H groups in total. The van der Waals surface area contributed by atoms with Gasteiger partial charge in [-0.1, -0.05) is 19.1 Å². The number of carbonyl (C=O) groups is 2. The molecule has 0 saturated carbocycles. The lowest BCUT2D eigenvalue weighted by Crippen LogP contribution is -2.47. The normalized spacial score (nSPS) is 18.4. The third-order valence-electron chi connectivity index (χ3n) is 7.56. The number of likely N-dealkylation sites (N-methyl/N-ethyl adjacent to an activating group) is 1. The van der Waals surface area contributed by atoms with Gasteiger partial charge in [0.2, 0.25) is 0 Å². The van der Waals surface area contributed by atoms with E-state index in [-0.39, 0.29) is 17.9 Å². The predicted molar refractivity (Wildman–Crippen MR) is 145 cm³/mol. The Hall–Kier alpha value is -4.01. The number of fused-ring (bicyclic) bond motifs is 3. The molecule has 5 rings (SSSR count). The Morgan fingerprint density at radius 1 is 1.13 bits per heavy atom. The van der Waals surface area contributed by atoms with Crippen LogP contribution in [0.4, 0.5) is 4.79 Å². The lowest BCUT2D eigenvalue weighted by atomic mass is 9.94. The van der Waals surface area contributed by atoms with Crippen molar-refractivity contribution < 1.29 is 19.1 Å². The minimum atomic E-state index is -0.0559. The summed E-state index contributed by atoms with van der Waals surface area (Å²) in [6, 6.07) is 9.55. The minimum absolute atomic E-state index is 0.0493. The second-order valence-corrected chi connectivity index (χ2v) is 9.78. The summed E-state index contributed by atoms with van der Waals surface area (Å²) in [6.07, 6.45) is 7.07. The quantitative estimate of drug-likeness (QED) is 0.508. The number of pyridine rings is 1. The Kier molecular flexibility index (Phi) is 7.26. The number of rotatable bonds is 4. The number of nitrogens with zero attached hydrogens (tertiary/aromatic N) is 5. The third-order valence-corrected chi connectivity index (χ3v) is 7.56. The molecule has 3 aromatic rings. The van der Waals surface area contributed by atoms with Crippen LogP contribution < -0.4 is 9.47 Å². The number of urea groups is 1. The van der Waals surface area contributed by atoms with E-state index in [9.17, 15) is 9.59 Å². The fraction of sp³-hybridized carbons (Fsp3) is 0.414. The molecule has 0 aliphatic carbocycles. The molecule has 9 nitrogen and oxygen atoms in total. The molecule has 0 radical (unpaired) electrons. The molecule has 9 heteroatoms. The SMILES string of the molecule is CCN1CCN(C(=O)c2cnn3ccccc23)CCCC2=C[C@H](C)c3c(cc(OC)cc3OC)CN2C1=O. The molecule has 1 aromatic carbocycles. The topological polar surface area (TPSA) is 79.6 Å². The van der Waals surface area contributed by atoms with E-state index in [1.807, 2.05) is 58.2 Å². The summed E-state index contributed by atoms with van der Waals surface area (Å²) in [5.74, 6) is 1.46. The number of ether oxygens (including phenoxy) is 2. The summed E-state index contributed by atoms with van der Waals surface area (Å²) in [5, 5.41) is 4.34. The van der Waals surface area contributed by atoms with Crippen LogP contribution in [0.25, 0.3) is 5.52 Å². The maximum atomic E-state index is 13.9. The molecule has 2 aliphatic rings. The van der Waals surface area contributed by atoms with Gasteiger partial charge in [0.15, 0.2) is 0 Å². The number of hydrogen-bond donors (Lipinski definition) is 0. The Balaban J connectivity index is 1.46. The Labute approximate surface area is 223 Å². The maximum Gasteiger partial charge on any atom is 0.324 e. The number of allylic oxidation sites excluding steroid dienone is 2. The van der Waals surface area contributed by atoms with Gasteiger partial charge in [0.25, 0.3) is 5.91 Å². The summed E-state index contributed by atoms with van der Waals surface area (Å²) in [7, 11) is 3.30. The van der Waals surface area contributed by atoms with Crippen molar-refractivity contribution in [2.24, 2.45) is 0 Å². The van der Waals surface area contributed by atoms with Gasteiger partial charge in [0.05, 0.1) is 38.0 Å². The monoisotopic (exact) mass is 517 g/mol. The first-order chi connectivity index (χ1) is 18.4. The zero-order valence-electron chi connectivity index (χ0n) is 22.5. The minimum Gasteiger partial charge on any atom is -0.497 e. The molecule has 2 aliphatic heterocycles. The molecular weight excluding hydrogens is 482 g/mol. The average molecular weight is 518 g/mol. The van der Waals surface area contributed by atoms with Gasteiger partial charge in [-0.2, -0.15) is 5.10 Å². The molecule has 1 saturated heterocycles. The summed E-state index contributed by atoms with van der Waals surface area (Å²) < 4.78 is 13.0. The highest BCUT2D eigenvalue weighted by atomic mass is 16.5. The van der Waals surface area contributed by atoms with Crippen molar-refractivity contribution in [2.45, 2.75) is 39.2 Å². The molecule has 1 fully saturated rings. The van der Waals surface area contributed by atoms with Gasteiger partial charge in [-0.25, -0.2) is 9.31 Å². The van der Waals surface area contributed by atoms with E-state index >= 15 is 0 Å². The van der Waals surface area contributed by atoms with Crippen LogP contribution in [0, 0.1) is 0 Å². The average Bonchev–Trinajstić information content (AvgIpc) is 3.31. The van der Waals surface area contributed by atoms with Crippen LogP contribution in [0.15, 0.2) is 54.5 Å². The fourth-order valence-electron chi connectivity index (χ4n) is 5.57. The van der Waals surface area contributed by atoms with Gasteiger partial charge in [-0.15, -0.1) is 0 Å². The number of aromatic nitrogens is 2. The van der Waals surface area contributed by atoms with Gasteiger partial charge in [-0.05, 0) is 43.5 Å². The summed E-state index contributed by atoms with van der Waals surface area (Å²) in [4.78, 5) is 33.1. The molecule has 3 amide bonds. The number of methoxy groups -OCH3 is 2. The number of hydrogen-bond acceptors (Lipinski definition) is 5. The largest absolute Gasteiger partial charge is 0.497 e. The highest BCUT2D eigenvalue weighted by molar-refractivity contribution is 6.00. The van der Waals surface area contributed by atoms with Crippen LogP contribution in [0.5, 0.6) is 11.5 Å². The lowest BCUT2D eigenvalue weighted by molar-refractivity contribution is 0.0728. The summed E-state index contributed by atoms with van der Waals surface area (Å²) in [6.45, 7) is 6.61. The van der Waals surface area contributed by atoms with Crippen LogP contribution in [0.1, 0.15) is 54.1 Å². The second-order valence-electron chi connectivity index (χ2n) is 9.78. The van der Waals surface area contributed by atoms with Crippen molar-refractivity contribution in [3.63, 3.8) is 0 Å². The molecule has 1 atom stereocenters.